The lowest BCUT2D eigenvalue weighted by Gasteiger charge is -2.09. The molecule has 0 fully saturated rings. The summed E-state index contributed by atoms with van der Waals surface area (Å²) in [5.74, 6) is 1.56. The van der Waals surface area contributed by atoms with Crippen molar-refractivity contribution in [1.29, 1.82) is 0 Å². The summed E-state index contributed by atoms with van der Waals surface area (Å²) < 4.78 is 13.0. The van der Waals surface area contributed by atoms with E-state index in [2.05, 4.69) is 22.2 Å². The van der Waals surface area contributed by atoms with Gasteiger partial charge in [0.1, 0.15) is 5.82 Å². The van der Waals surface area contributed by atoms with Crippen LogP contribution in [-0.4, -0.2) is 22.4 Å². The van der Waals surface area contributed by atoms with Crippen molar-refractivity contribution in [3.8, 4) is 0 Å². The molecular weight excluding hydrogens is 241 g/mol. The largest absolute Gasteiger partial charge is 0.356 e. The summed E-state index contributed by atoms with van der Waals surface area (Å²) in [6.45, 7) is 2.92. The van der Waals surface area contributed by atoms with E-state index >= 15 is 0 Å². The van der Waals surface area contributed by atoms with Crippen LogP contribution in [-0.2, 0) is 0 Å². The Morgan fingerprint density at radius 3 is 3.12 bits per heavy atom. The van der Waals surface area contributed by atoms with Crippen LogP contribution in [0.1, 0.15) is 13.3 Å². The molecule has 2 aromatic rings. The fourth-order valence-corrected chi connectivity index (χ4v) is 2.00. The molecule has 1 heterocycles. The van der Waals surface area contributed by atoms with Crippen molar-refractivity contribution in [3.63, 3.8) is 0 Å². The van der Waals surface area contributed by atoms with Crippen LogP contribution >= 0.6 is 11.6 Å². The number of aromatic nitrogens is 2. The molecule has 0 saturated carbocycles. The summed E-state index contributed by atoms with van der Waals surface area (Å²) in [5.41, 5.74) is 1.47. The van der Waals surface area contributed by atoms with Gasteiger partial charge in [0, 0.05) is 12.4 Å². The third kappa shape index (κ3) is 3.09. The number of nitrogens with zero attached hydrogens (tertiary/aromatic N) is 1. The number of aromatic amines is 1. The lowest BCUT2D eigenvalue weighted by atomic mass is 10.1. The molecule has 0 aliphatic rings. The quantitative estimate of drug-likeness (QED) is 0.804. The van der Waals surface area contributed by atoms with E-state index in [1.165, 1.54) is 12.1 Å². The highest BCUT2D eigenvalue weighted by Gasteiger charge is 2.05. The standard InChI is InChI=1S/C12H15ClFN3/c1-8(4-5-13)7-15-12-16-10-3-2-9(14)6-11(10)17-12/h2-3,6,8H,4-5,7H2,1H3,(H2,15,16,17). The van der Waals surface area contributed by atoms with Crippen LogP contribution in [0.4, 0.5) is 10.3 Å². The molecule has 2 rings (SSSR count). The number of fused-ring (bicyclic) bond motifs is 1. The van der Waals surface area contributed by atoms with E-state index < -0.39 is 0 Å². The van der Waals surface area contributed by atoms with Crippen LogP contribution in [0, 0.1) is 11.7 Å². The fourth-order valence-electron chi connectivity index (χ4n) is 1.62. The van der Waals surface area contributed by atoms with Gasteiger partial charge in [0.2, 0.25) is 5.95 Å². The number of halogens is 2. The Kier molecular flexibility index (Phi) is 3.84. The van der Waals surface area contributed by atoms with Gasteiger partial charge in [0.15, 0.2) is 0 Å². The predicted molar refractivity (Wildman–Crippen MR) is 69.0 cm³/mol. The second-order valence-electron chi connectivity index (χ2n) is 4.21. The molecule has 0 saturated heterocycles. The van der Waals surface area contributed by atoms with Crippen LogP contribution in [0.5, 0.6) is 0 Å². The van der Waals surface area contributed by atoms with Crippen molar-refractivity contribution < 1.29 is 4.39 Å². The van der Waals surface area contributed by atoms with Crippen LogP contribution in [0.2, 0.25) is 0 Å². The van der Waals surface area contributed by atoms with E-state index in [9.17, 15) is 4.39 Å². The average molecular weight is 256 g/mol. The first-order chi connectivity index (χ1) is 8.19. The molecule has 0 aliphatic heterocycles. The summed E-state index contributed by atoms with van der Waals surface area (Å²) in [4.78, 5) is 7.36. The Morgan fingerprint density at radius 1 is 1.53 bits per heavy atom. The van der Waals surface area contributed by atoms with Gasteiger partial charge in [-0.2, -0.15) is 0 Å². The summed E-state index contributed by atoms with van der Waals surface area (Å²) in [7, 11) is 0. The van der Waals surface area contributed by atoms with Crippen LogP contribution in [0.3, 0.4) is 0 Å². The third-order valence-electron chi connectivity index (χ3n) is 2.66. The minimum absolute atomic E-state index is 0.261. The van der Waals surface area contributed by atoms with Gasteiger partial charge in [-0.1, -0.05) is 6.92 Å². The number of hydrogen-bond donors (Lipinski definition) is 2. The number of nitrogens with one attached hydrogen (secondary N) is 2. The van der Waals surface area contributed by atoms with Gasteiger partial charge in [0.05, 0.1) is 11.0 Å². The highest BCUT2D eigenvalue weighted by molar-refractivity contribution is 6.17. The van der Waals surface area contributed by atoms with Gasteiger partial charge in [-0.25, -0.2) is 9.37 Å². The second-order valence-corrected chi connectivity index (χ2v) is 4.59. The molecule has 0 bridgehead atoms. The van der Waals surface area contributed by atoms with Gasteiger partial charge in [-0.15, -0.1) is 11.6 Å². The molecule has 1 unspecified atom stereocenters. The molecule has 1 aromatic heterocycles. The van der Waals surface area contributed by atoms with E-state index in [0.717, 1.165) is 18.5 Å². The highest BCUT2D eigenvalue weighted by atomic mass is 35.5. The second kappa shape index (κ2) is 5.36. The Bertz CT molecular complexity index is 497. The molecule has 2 N–H and O–H groups in total. The topological polar surface area (TPSA) is 40.7 Å². The first kappa shape index (κ1) is 12.2. The molecule has 1 atom stereocenters. The molecule has 5 heteroatoms. The van der Waals surface area contributed by atoms with Crippen molar-refractivity contribution >= 4 is 28.6 Å². The van der Waals surface area contributed by atoms with Gasteiger partial charge >= 0.3 is 0 Å². The summed E-state index contributed by atoms with van der Waals surface area (Å²) in [6, 6.07) is 4.51. The molecule has 0 aliphatic carbocycles. The SMILES string of the molecule is CC(CCCl)CNc1nc2ccc(F)cc2[nH]1. The predicted octanol–water partition coefficient (Wildman–Crippen LogP) is 3.38. The van der Waals surface area contributed by atoms with E-state index in [0.29, 0.717) is 23.3 Å². The number of rotatable bonds is 5. The van der Waals surface area contributed by atoms with Crippen molar-refractivity contribution in [3.05, 3.63) is 24.0 Å². The minimum Gasteiger partial charge on any atom is -0.356 e. The molecule has 1 aromatic carbocycles. The maximum absolute atomic E-state index is 13.0. The first-order valence-corrected chi connectivity index (χ1v) is 6.17. The smallest absolute Gasteiger partial charge is 0.201 e. The molecule has 0 spiro atoms. The lowest BCUT2D eigenvalue weighted by molar-refractivity contribution is 0.595. The Labute approximate surface area is 104 Å². The molecule has 17 heavy (non-hydrogen) atoms. The lowest BCUT2D eigenvalue weighted by Crippen LogP contribution is -2.12. The molecule has 92 valence electrons. The van der Waals surface area contributed by atoms with Crippen LogP contribution < -0.4 is 5.32 Å². The zero-order chi connectivity index (χ0) is 12.3. The third-order valence-corrected chi connectivity index (χ3v) is 2.88. The molecule has 3 nitrogen and oxygen atoms in total. The molecular formula is C12H15ClFN3. The maximum atomic E-state index is 13.0. The Hall–Kier alpha value is -1.29. The number of benzene rings is 1. The minimum atomic E-state index is -0.261. The zero-order valence-corrected chi connectivity index (χ0v) is 10.4. The van der Waals surface area contributed by atoms with Gasteiger partial charge in [-0.3, -0.25) is 0 Å². The Morgan fingerprint density at radius 2 is 2.35 bits per heavy atom. The van der Waals surface area contributed by atoms with Crippen molar-refractivity contribution in [1.82, 2.24) is 9.97 Å². The molecule has 0 radical (unpaired) electrons. The monoisotopic (exact) mass is 255 g/mol. The molecule has 0 amide bonds. The maximum Gasteiger partial charge on any atom is 0.201 e. The summed E-state index contributed by atoms with van der Waals surface area (Å²) >= 11 is 5.67. The number of H-pyrrole nitrogens is 1. The van der Waals surface area contributed by atoms with E-state index in [-0.39, 0.29) is 5.82 Å². The van der Waals surface area contributed by atoms with Crippen molar-refractivity contribution in [2.45, 2.75) is 13.3 Å². The van der Waals surface area contributed by atoms with E-state index in [4.69, 9.17) is 11.6 Å². The van der Waals surface area contributed by atoms with Crippen molar-refractivity contribution in [2.24, 2.45) is 5.92 Å². The van der Waals surface area contributed by atoms with E-state index in [1.807, 2.05) is 0 Å². The van der Waals surface area contributed by atoms with Gasteiger partial charge in [-0.05, 0) is 30.5 Å². The van der Waals surface area contributed by atoms with Crippen LogP contribution in [0.15, 0.2) is 18.2 Å². The number of anilines is 1. The van der Waals surface area contributed by atoms with Crippen molar-refractivity contribution in [2.75, 3.05) is 17.7 Å². The first-order valence-electron chi connectivity index (χ1n) is 5.64. The average Bonchev–Trinajstić information content (AvgIpc) is 2.68. The Balaban J connectivity index is 2.04. The summed E-state index contributed by atoms with van der Waals surface area (Å²) in [6.07, 6.45) is 0.962. The number of imidazole rings is 1. The zero-order valence-electron chi connectivity index (χ0n) is 9.63. The normalized spacial score (nSPS) is 12.9. The van der Waals surface area contributed by atoms with Crippen LogP contribution in [0.25, 0.3) is 11.0 Å². The highest BCUT2D eigenvalue weighted by Crippen LogP contribution is 2.15. The number of hydrogen-bond acceptors (Lipinski definition) is 2. The van der Waals surface area contributed by atoms with Gasteiger partial charge in [0.25, 0.3) is 0 Å². The van der Waals surface area contributed by atoms with E-state index in [1.54, 1.807) is 6.07 Å². The summed E-state index contributed by atoms with van der Waals surface area (Å²) in [5, 5.41) is 3.19. The fraction of sp³-hybridized carbons (Fsp3) is 0.417. The number of alkyl halides is 1. The van der Waals surface area contributed by atoms with Gasteiger partial charge < -0.3 is 10.3 Å².